The van der Waals surface area contributed by atoms with E-state index in [1.165, 1.54) is 0 Å². The predicted molar refractivity (Wildman–Crippen MR) is 69.3 cm³/mol. The van der Waals surface area contributed by atoms with E-state index < -0.39 is 6.10 Å². The molecule has 0 fully saturated rings. The van der Waals surface area contributed by atoms with Gasteiger partial charge in [-0.1, -0.05) is 17.7 Å². The van der Waals surface area contributed by atoms with Crippen molar-refractivity contribution in [3.63, 3.8) is 0 Å². The Balaban J connectivity index is 1.93. The predicted octanol–water partition coefficient (Wildman–Crippen LogP) is 2.71. The number of aromatic nitrogens is 1. The van der Waals surface area contributed by atoms with Crippen molar-refractivity contribution in [1.82, 2.24) is 10.3 Å². The van der Waals surface area contributed by atoms with Gasteiger partial charge in [0.25, 0.3) is 0 Å². The highest BCUT2D eigenvalue weighted by Gasteiger charge is 2.14. The second kappa shape index (κ2) is 6.00. The van der Waals surface area contributed by atoms with Gasteiger partial charge >= 0.3 is 0 Å². The van der Waals surface area contributed by atoms with E-state index in [0.29, 0.717) is 17.5 Å². The van der Waals surface area contributed by atoms with Crippen molar-refractivity contribution < 1.29 is 9.52 Å². The summed E-state index contributed by atoms with van der Waals surface area (Å²) in [6.45, 7) is 2.36. The van der Waals surface area contributed by atoms with Gasteiger partial charge in [0.15, 0.2) is 0 Å². The molecule has 4 nitrogen and oxygen atoms in total. The molecule has 0 aliphatic rings. The summed E-state index contributed by atoms with van der Waals surface area (Å²) in [5, 5.41) is 13.5. The highest BCUT2D eigenvalue weighted by Crippen LogP contribution is 2.20. The SMILES string of the molecule is CC(NCC(O)c1ccco1)c1cccnc1Cl. The smallest absolute Gasteiger partial charge is 0.133 e. The number of rotatable bonds is 5. The van der Waals surface area contributed by atoms with Crippen LogP contribution in [0.2, 0.25) is 5.15 Å². The largest absolute Gasteiger partial charge is 0.467 e. The third kappa shape index (κ3) is 3.10. The van der Waals surface area contributed by atoms with Gasteiger partial charge in [-0.25, -0.2) is 4.98 Å². The Morgan fingerprint density at radius 1 is 1.44 bits per heavy atom. The lowest BCUT2D eigenvalue weighted by atomic mass is 10.1. The Kier molecular flexibility index (Phi) is 4.36. The van der Waals surface area contributed by atoms with Gasteiger partial charge in [0.05, 0.1) is 6.26 Å². The fourth-order valence-corrected chi connectivity index (χ4v) is 1.98. The van der Waals surface area contributed by atoms with Crippen LogP contribution in [0.5, 0.6) is 0 Å². The van der Waals surface area contributed by atoms with Crippen molar-refractivity contribution in [2.45, 2.75) is 19.1 Å². The maximum Gasteiger partial charge on any atom is 0.133 e. The number of aliphatic hydroxyl groups is 1. The van der Waals surface area contributed by atoms with E-state index in [0.717, 1.165) is 5.56 Å². The number of hydrogen-bond acceptors (Lipinski definition) is 4. The first-order valence-corrected chi connectivity index (χ1v) is 6.11. The lowest BCUT2D eigenvalue weighted by Crippen LogP contribution is -2.24. The van der Waals surface area contributed by atoms with Gasteiger partial charge in [0.1, 0.15) is 17.0 Å². The molecule has 0 saturated heterocycles. The third-order valence-electron chi connectivity index (χ3n) is 2.74. The monoisotopic (exact) mass is 266 g/mol. The fraction of sp³-hybridized carbons (Fsp3) is 0.308. The van der Waals surface area contributed by atoms with Gasteiger partial charge in [-0.3, -0.25) is 0 Å². The molecule has 0 bridgehead atoms. The number of pyridine rings is 1. The molecule has 2 rings (SSSR count). The van der Waals surface area contributed by atoms with Gasteiger partial charge in [-0.2, -0.15) is 0 Å². The van der Waals surface area contributed by atoms with Crippen LogP contribution in [0.1, 0.15) is 30.4 Å². The second-order valence-electron chi connectivity index (χ2n) is 4.04. The molecule has 0 radical (unpaired) electrons. The fourth-order valence-electron chi connectivity index (χ4n) is 1.70. The van der Waals surface area contributed by atoms with E-state index in [-0.39, 0.29) is 6.04 Å². The van der Waals surface area contributed by atoms with Gasteiger partial charge in [0.2, 0.25) is 0 Å². The summed E-state index contributed by atoms with van der Waals surface area (Å²) in [7, 11) is 0. The summed E-state index contributed by atoms with van der Waals surface area (Å²) >= 11 is 6.00. The normalized spacial score (nSPS) is 14.4. The van der Waals surface area contributed by atoms with E-state index >= 15 is 0 Å². The molecule has 0 aromatic carbocycles. The Hall–Kier alpha value is -1.36. The highest BCUT2D eigenvalue weighted by atomic mass is 35.5. The zero-order valence-electron chi connectivity index (χ0n) is 10.0. The molecule has 0 aliphatic carbocycles. The highest BCUT2D eigenvalue weighted by molar-refractivity contribution is 6.30. The molecular weight excluding hydrogens is 252 g/mol. The summed E-state index contributed by atoms with van der Waals surface area (Å²) in [4.78, 5) is 4.02. The zero-order valence-corrected chi connectivity index (χ0v) is 10.8. The molecule has 0 amide bonds. The Labute approximate surface area is 111 Å². The van der Waals surface area contributed by atoms with Crippen molar-refractivity contribution >= 4 is 11.6 Å². The summed E-state index contributed by atoms with van der Waals surface area (Å²) < 4.78 is 5.13. The molecule has 0 aliphatic heterocycles. The molecule has 2 atom stereocenters. The lowest BCUT2D eigenvalue weighted by molar-refractivity contribution is 0.144. The van der Waals surface area contributed by atoms with Gasteiger partial charge in [0, 0.05) is 24.3 Å². The molecule has 0 spiro atoms. The van der Waals surface area contributed by atoms with Gasteiger partial charge in [-0.05, 0) is 25.1 Å². The molecular formula is C13H15ClN2O2. The van der Waals surface area contributed by atoms with Crippen LogP contribution in [0.4, 0.5) is 0 Å². The van der Waals surface area contributed by atoms with Crippen LogP contribution in [0.15, 0.2) is 41.1 Å². The van der Waals surface area contributed by atoms with E-state index in [1.807, 2.05) is 19.1 Å². The lowest BCUT2D eigenvalue weighted by Gasteiger charge is -2.17. The maximum atomic E-state index is 9.87. The van der Waals surface area contributed by atoms with Crippen LogP contribution in [0.3, 0.4) is 0 Å². The van der Waals surface area contributed by atoms with Gasteiger partial charge in [-0.15, -0.1) is 0 Å². The van der Waals surface area contributed by atoms with E-state index in [4.69, 9.17) is 16.0 Å². The average molecular weight is 267 g/mol. The molecule has 2 heterocycles. The van der Waals surface area contributed by atoms with Crippen molar-refractivity contribution in [2.75, 3.05) is 6.54 Å². The summed E-state index contributed by atoms with van der Waals surface area (Å²) in [6, 6.07) is 7.25. The van der Waals surface area contributed by atoms with Crippen molar-refractivity contribution in [2.24, 2.45) is 0 Å². The van der Waals surface area contributed by atoms with Crippen LogP contribution in [-0.2, 0) is 0 Å². The Morgan fingerprint density at radius 3 is 2.94 bits per heavy atom. The van der Waals surface area contributed by atoms with E-state index in [1.54, 1.807) is 24.6 Å². The molecule has 0 saturated carbocycles. The molecule has 18 heavy (non-hydrogen) atoms. The van der Waals surface area contributed by atoms with Crippen molar-refractivity contribution in [3.8, 4) is 0 Å². The van der Waals surface area contributed by atoms with Crippen LogP contribution >= 0.6 is 11.6 Å². The van der Waals surface area contributed by atoms with E-state index in [9.17, 15) is 5.11 Å². The molecule has 2 N–H and O–H groups in total. The second-order valence-corrected chi connectivity index (χ2v) is 4.40. The number of hydrogen-bond donors (Lipinski definition) is 2. The topological polar surface area (TPSA) is 58.3 Å². The molecule has 96 valence electrons. The molecule has 5 heteroatoms. The number of furan rings is 1. The first kappa shape index (κ1) is 13.1. The Bertz CT molecular complexity index is 487. The minimum Gasteiger partial charge on any atom is -0.467 e. The molecule has 2 unspecified atom stereocenters. The average Bonchev–Trinajstić information content (AvgIpc) is 2.90. The van der Waals surface area contributed by atoms with Crippen molar-refractivity contribution in [3.05, 3.63) is 53.2 Å². The quantitative estimate of drug-likeness (QED) is 0.817. The Morgan fingerprint density at radius 2 is 2.28 bits per heavy atom. The zero-order chi connectivity index (χ0) is 13.0. The van der Waals surface area contributed by atoms with Crippen LogP contribution < -0.4 is 5.32 Å². The van der Waals surface area contributed by atoms with Crippen LogP contribution in [0.25, 0.3) is 0 Å². The maximum absolute atomic E-state index is 9.87. The first-order chi connectivity index (χ1) is 8.68. The van der Waals surface area contributed by atoms with E-state index in [2.05, 4.69) is 10.3 Å². The minimum absolute atomic E-state index is 0.0100. The summed E-state index contributed by atoms with van der Waals surface area (Å²) in [5.41, 5.74) is 0.908. The van der Waals surface area contributed by atoms with Crippen LogP contribution in [-0.4, -0.2) is 16.6 Å². The van der Waals surface area contributed by atoms with Gasteiger partial charge < -0.3 is 14.8 Å². The minimum atomic E-state index is -0.669. The number of nitrogens with zero attached hydrogens (tertiary/aromatic N) is 1. The number of aliphatic hydroxyl groups excluding tert-OH is 1. The molecule has 2 aromatic rings. The van der Waals surface area contributed by atoms with Crippen LogP contribution in [0, 0.1) is 0 Å². The number of halogens is 1. The van der Waals surface area contributed by atoms with Crippen molar-refractivity contribution in [1.29, 1.82) is 0 Å². The summed E-state index contributed by atoms with van der Waals surface area (Å²) in [5.74, 6) is 0.548. The summed E-state index contributed by atoms with van der Waals surface area (Å²) in [6.07, 6.45) is 2.52. The standard InChI is InChI=1S/C13H15ClN2O2/c1-9(10-4-2-6-15-13(10)14)16-8-11(17)12-5-3-7-18-12/h2-7,9,11,16-17H,8H2,1H3. The number of nitrogens with one attached hydrogen (secondary N) is 1. The first-order valence-electron chi connectivity index (χ1n) is 5.73. The third-order valence-corrected chi connectivity index (χ3v) is 3.06. The molecule has 2 aromatic heterocycles.